The lowest BCUT2D eigenvalue weighted by Gasteiger charge is -2.17. The molecule has 1 saturated heterocycles. The van der Waals surface area contributed by atoms with Crippen LogP contribution in [0.3, 0.4) is 0 Å². The van der Waals surface area contributed by atoms with Crippen LogP contribution in [0.1, 0.15) is 0 Å². The third-order valence-corrected chi connectivity index (χ3v) is 3.50. The topological polar surface area (TPSA) is 77.8 Å². The molecule has 0 aromatic heterocycles. The van der Waals surface area contributed by atoms with Crippen LogP contribution in [0.5, 0.6) is 5.75 Å². The first kappa shape index (κ1) is 10.3. The van der Waals surface area contributed by atoms with Crippen LogP contribution in [0.15, 0.2) is 24.3 Å². The zero-order valence-electron chi connectivity index (χ0n) is 8.91. The molecule has 0 bridgehead atoms. The number of hydrogen-bond donors (Lipinski definition) is 2. The lowest BCUT2D eigenvalue weighted by molar-refractivity contribution is -0.124. The molecule has 88 valence electrons. The van der Waals surface area contributed by atoms with Gasteiger partial charge in [-0.2, -0.15) is 0 Å². The van der Waals surface area contributed by atoms with Gasteiger partial charge in [-0.15, -0.1) is 0 Å². The highest BCUT2D eigenvalue weighted by molar-refractivity contribution is 6.25. The first-order chi connectivity index (χ1) is 8.15. The zero-order valence-corrected chi connectivity index (χ0v) is 8.91. The van der Waals surface area contributed by atoms with Crippen LogP contribution in [0.4, 0.5) is 5.69 Å². The Hall–Kier alpha value is -1.88. The number of benzene rings is 1. The molecule has 3 rings (SSSR count). The summed E-state index contributed by atoms with van der Waals surface area (Å²) in [5.41, 5.74) is 0.474. The van der Waals surface area contributed by atoms with E-state index in [9.17, 15) is 9.59 Å². The summed E-state index contributed by atoms with van der Waals surface area (Å²) in [6, 6.07) is 5.93. The normalized spacial score (nSPS) is 30.6. The molecule has 2 aliphatic rings. The molecule has 1 aromatic rings. The second-order valence-electron chi connectivity index (χ2n) is 4.43. The number of piperidine rings is 1. The molecule has 5 nitrogen and oxygen atoms in total. The van der Waals surface area contributed by atoms with E-state index < -0.39 is 0 Å². The second-order valence-corrected chi connectivity index (χ2v) is 4.43. The van der Waals surface area contributed by atoms with Gasteiger partial charge in [0.1, 0.15) is 5.75 Å². The van der Waals surface area contributed by atoms with Crippen LogP contribution >= 0.6 is 0 Å². The van der Waals surface area contributed by atoms with Gasteiger partial charge in [-0.25, -0.2) is 0 Å². The largest absolute Gasteiger partial charge is 0.508 e. The molecule has 17 heavy (non-hydrogen) atoms. The summed E-state index contributed by atoms with van der Waals surface area (Å²) >= 11 is 0. The van der Waals surface area contributed by atoms with Crippen molar-refractivity contribution in [2.45, 2.75) is 0 Å². The van der Waals surface area contributed by atoms with Crippen molar-refractivity contribution in [1.82, 2.24) is 0 Å². The van der Waals surface area contributed by atoms with Crippen LogP contribution in [0.25, 0.3) is 0 Å². The number of aliphatic hydroxyl groups excluding tert-OH is 1. The molecule has 1 aliphatic heterocycles. The van der Waals surface area contributed by atoms with E-state index in [1.807, 2.05) is 0 Å². The third kappa shape index (κ3) is 1.29. The number of nitrogens with zero attached hydrogens (tertiary/aromatic N) is 1. The maximum Gasteiger partial charge on any atom is 0.238 e. The highest BCUT2D eigenvalue weighted by Gasteiger charge is 2.67. The van der Waals surface area contributed by atoms with Crippen LogP contribution in [0.2, 0.25) is 0 Å². The molecule has 0 radical (unpaired) electrons. The number of rotatable bonds is 2. The predicted molar refractivity (Wildman–Crippen MR) is 58.2 cm³/mol. The Kier molecular flexibility index (Phi) is 2.00. The molecule has 2 unspecified atom stereocenters. The van der Waals surface area contributed by atoms with Gasteiger partial charge in [0.2, 0.25) is 11.8 Å². The Morgan fingerprint density at radius 3 is 2.06 bits per heavy atom. The summed E-state index contributed by atoms with van der Waals surface area (Å²) in [7, 11) is 0. The van der Waals surface area contributed by atoms with Gasteiger partial charge in [-0.3, -0.25) is 14.5 Å². The molecule has 2 N–H and O–H groups in total. The summed E-state index contributed by atoms with van der Waals surface area (Å²) < 4.78 is 0. The number of aromatic hydroxyl groups is 1. The molecule has 5 heteroatoms. The minimum atomic E-state index is -0.346. The van der Waals surface area contributed by atoms with Gasteiger partial charge in [0.05, 0.1) is 17.5 Å². The number of aliphatic hydroxyl groups is 1. The number of fused-ring (bicyclic) bond motifs is 1. The van der Waals surface area contributed by atoms with E-state index in [1.54, 1.807) is 0 Å². The summed E-state index contributed by atoms with van der Waals surface area (Å²) in [6.07, 6.45) is 0. The van der Waals surface area contributed by atoms with E-state index in [0.29, 0.717) is 5.69 Å². The minimum absolute atomic E-state index is 0.0891. The summed E-state index contributed by atoms with van der Waals surface area (Å²) in [5.74, 6) is -1.29. The quantitative estimate of drug-likeness (QED) is 0.711. The number of carbonyl (C=O) groups is 2. The highest BCUT2D eigenvalue weighted by Crippen LogP contribution is 2.53. The van der Waals surface area contributed by atoms with Gasteiger partial charge in [0.15, 0.2) is 0 Å². The fraction of sp³-hybridized carbons (Fsp3) is 0.333. The van der Waals surface area contributed by atoms with Gasteiger partial charge >= 0.3 is 0 Å². The maximum absolute atomic E-state index is 11.9. The molecule has 2 amide bonds. The fourth-order valence-corrected chi connectivity index (χ4v) is 2.54. The second kappa shape index (κ2) is 3.30. The molecule has 2 fully saturated rings. The smallest absolute Gasteiger partial charge is 0.238 e. The number of carbonyl (C=O) groups excluding carboxylic acids is 2. The average Bonchev–Trinajstić information content (AvgIpc) is 2.99. The van der Waals surface area contributed by atoms with Crippen molar-refractivity contribution in [3.8, 4) is 5.75 Å². The van der Waals surface area contributed by atoms with E-state index in [1.165, 1.54) is 24.3 Å². The number of phenols is 1. The summed E-state index contributed by atoms with van der Waals surface area (Å²) in [4.78, 5) is 25.0. The third-order valence-electron chi connectivity index (χ3n) is 3.50. The molecule has 1 heterocycles. The van der Waals surface area contributed by atoms with Crippen molar-refractivity contribution in [2.24, 2.45) is 17.8 Å². The molecule has 1 aliphatic carbocycles. The van der Waals surface area contributed by atoms with Crippen molar-refractivity contribution in [1.29, 1.82) is 0 Å². The van der Waals surface area contributed by atoms with Crippen molar-refractivity contribution >= 4 is 17.5 Å². The lowest BCUT2D eigenvalue weighted by Crippen LogP contribution is -2.34. The number of hydrogen-bond acceptors (Lipinski definition) is 4. The average molecular weight is 233 g/mol. The molecule has 1 saturated carbocycles. The Balaban J connectivity index is 1.90. The Morgan fingerprint density at radius 1 is 1.06 bits per heavy atom. The maximum atomic E-state index is 11.9. The first-order valence-electron chi connectivity index (χ1n) is 5.43. The number of amides is 2. The number of imide groups is 1. The van der Waals surface area contributed by atoms with E-state index in [-0.39, 0.29) is 41.9 Å². The summed E-state index contributed by atoms with van der Waals surface area (Å²) in [6.45, 7) is -0.115. The lowest BCUT2D eigenvalue weighted by atomic mass is 10.2. The predicted octanol–water partition coefficient (Wildman–Crippen LogP) is 0.120. The molecular formula is C12H11NO4. The zero-order chi connectivity index (χ0) is 12.2. The molecular weight excluding hydrogens is 222 g/mol. The van der Waals surface area contributed by atoms with Gasteiger partial charge in [0, 0.05) is 12.5 Å². The van der Waals surface area contributed by atoms with E-state index >= 15 is 0 Å². The van der Waals surface area contributed by atoms with Crippen molar-refractivity contribution in [3.05, 3.63) is 24.3 Å². The monoisotopic (exact) mass is 233 g/mol. The standard InChI is InChI=1S/C12H11NO4/c14-5-8-9-10(8)12(17)13(11(9)16)6-1-3-7(15)4-2-6/h1-4,8-10,14-15H,5H2. The number of phenolic OH excluding ortho intramolecular Hbond substituents is 1. The van der Waals surface area contributed by atoms with Gasteiger partial charge in [-0.05, 0) is 24.3 Å². The van der Waals surface area contributed by atoms with Crippen LogP contribution < -0.4 is 4.90 Å². The summed E-state index contributed by atoms with van der Waals surface area (Å²) in [5, 5.41) is 18.1. The van der Waals surface area contributed by atoms with E-state index in [0.717, 1.165) is 4.90 Å². The Labute approximate surface area is 97.3 Å². The van der Waals surface area contributed by atoms with E-state index in [2.05, 4.69) is 0 Å². The highest BCUT2D eigenvalue weighted by atomic mass is 16.3. The van der Waals surface area contributed by atoms with Crippen molar-refractivity contribution in [2.75, 3.05) is 11.5 Å². The molecule has 0 spiro atoms. The van der Waals surface area contributed by atoms with Crippen LogP contribution in [-0.4, -0.2) is 28.6 Å². The Bertz CT molecular complexity index is 474. The van der Waals surface area contributed by atoms with Crippen LogP contribution in [0, 0.1) is 17.8 Å². The fourth-order valence-electron chi connectivity index (χ4n) is 2.54. The first-order valence-corrected chi connectivity index (χ1v) is 5.43. The van der Waals surface area contributed by atoms with Gasteiger partial charge in [0.25, 0.3) is 0 Å². The minimum Gasteiger partial charge on any atom is -0.508 e. The molecule has 1 aromatic carbocycles. The SMILES string of the molecule is O=C1C2C(CO)C2C(=O)N1c1ccc(O)cc1. The van der Waals surface area contributed by atoms with Gasteiger partial charge < -0.3 is 10.2 Å². The van der Waals surface area contributed by atoms with Crippen molar-refractivity contribution < 1.29 is 19.8 Å². The van der Waals surface area contributed by atoms with E-state index in [4.69, 9.17) is 10.2 Å². The van der Waals surface area contributed by atoms with Crippen LogP contribution in [-0.2, 0) is 9.59 Å². The number of anilines is 1. The van der Waals surface area contributed by atoms with Gasteiger partial charge in [-0.1, -0.05) is 0 Å². The van der Waals surface area contributed by atoms with Crippen molar-refractivity contribution in [3.63, 3.8) is 0 Å². The molecule has 2 atom stereocenters. The Morgan fingerprint density at radius 2 is 1.59 bits per heavy atom.